The number of nitrogens with zero attached hydrogens (tertiary/aromatic N) is 2. The second-order valence-corrected chi connectivity index (χ2v) is 39.1. The van der Waals surface area contributed by atoms with E-state index in [1.165, 1.54) is 27.6 Å². The maximum atomic E-state index is 6.97. The van der Waals surface area contributed by atoms with Gasteiger partial charge in [-0.25, -0.2) is 0 Å². The van der Waals surface area contributed by atoms with Crippen LogP contribution in [0.2, 0.25) is 23.0 Å². The van der Waals surface area contributed by atoms with Crippen LogP contribution in [0.5, 0.6) is 0 Å². The fraction of sp³-hybridized carbons (Fsp3) is 0.0606. The van der Waals surface area contributed by atoms with Gasteiger partial charge in [0.2, 0.25) is 0 Å². The van der Waals surface area contributed by atoms with Crippen molar-refractivity contribution in [2.24, 2.45) is 0 Å². The summed E-state index contributed by atoms with van der Waals surface area (Å²) < 4.78 is 19.9. The van der Waals surface area contributed by atoms with Gasteiger partial charge in [-0.1, -0.05) is 0 Å². The summed E-state index contributed by atoms with van der Waals surface area (Å²) in [5.41, 5.74) is 15.7. The molecule has 0 fully saturated rings. The average molecular weight is 1050 g/mol. The summed E-state index contributed by atoms with van der Waals surface area (Å²) in [6, 6.07) is 80.9. The first-order valence-electron chi connectivity index (χ1n) is 25.1. The summed E-state index contributed by atoms with van der Waals surface area (Å²) in [6.45, 7) is 0. The number of anilines is 6. The molecule has 0 N–H and O–H groups in total. The Labute approximate surface area is 423 Å². The zero-order valence-corrected chi connectivity index (χ0v) is 44.7. The standard InChI is InChI=1S/C66H48Ge2N2O2/c1-67(2)58-21-13-11-19-51(58)54-39-49(27-30-60(54)67)69(45-15-7-5-8-16-45)47-25-23-41-35-56-53-29-32-62-65(66(53)72-63(56)37-43(41)33-47)57-36-42-24-26-48(34-44(42)38-64(57)71-62)70(46-17-9-6-10-18-46)50-28-31-61-55(40-50)52-20-12-14-22-59(52)68(61,3)4/h5-40H,1-4H3. The summed E-state index contributed by atoms with van der Waals surface area (Å²) in [6.07, 6.45) is 0. The average Bonchev–Trinajstić information content (AvgIpc) is 4.10. The van der Waals surface area contributed by atoms with Crippen molar-refractivity contribution in [3.05, 3.63) is 218 Å². The Morgan fingerprint density at radius 1 is 0.292 bits per heavy atom. The van der Waals surface area contributed by atoms with Crippen LogP contribution in [0.15, 0.2) is 227 Å². The summed E-state index contributed by atoms with van der Waals surface area (Å²) in [7, 11) is 0. The van der Waals surface area contributed by atoms with Crippen molar-refractivity contribution in [1.82, 2.24) is 0 Å². The van der Waals surface area contributed by atoms with Gasteiger partial charge in [0.1, 0.15) is 0 Å². The number of rotatable bonds is 6. The normalized spacial score (nSPS) is 14.1. The molecule has 0 saturated heterocycles. The molecule has 0 atom stereocenters. The molecular formula is C66H48Ge2N2O2. The van der Waals surface area contributed by atoms with Crippen LogP contribution in [-0.2, 0) is 0 Å². The van der Waals surface area contributed by atoms with Gasteiger partial charge in [0.05, 0.1) is 0 Å². The molecule has 13 aromatic rings. The Kier molecular flexibility index (Phi) is 8.95. The SMILES string of the molecule is [CH3][Ge]1([CH3])[c]2ccccc2-c2cc(N(c3ccccc3)c3ccc4cc5c(cc4c3)oc3c5ccc4oc5cc6cc(N(c7ccccc7)c7cc[c]8c(c7)-c7cccc[c]7[Ge]8([CH3])[CH3])ccc6cc5c43)cc[c]21. The Bertz CT molecular complexity index is 4420. The quantitative estimate of drug-likeness (QED) is 0.155. The maximum absolute atomic E-state index is 6.97. The van der Waals surface area contributed by atoms with E-state index in [-0.39, 0.29) is 0 Å². The molecule has 72 heavy (non-hydrogen) atoms. The minimum atomic E-state index is -2.40. The topological polar surface area (TPSA) is 32.8 Å². The predicted molar refractivity (Wildman–Crippen MR) is 310 cm³/mol. The zero-order valence-electron chi connectivity index (χ0n) is 40.5. The molecule has 0 radical (unpaired) electrons. The van der Waals surface area contributed by atoms with Gasteiger partial charge in [0.15, 0.2) is 0 Å². The molecule has 0 saturated carbocycles. The fourth-order valence-electron chi connectivity index (χ4n) is 12.6. The van der Waals surface area contributed by atoms with Crippen molar-refractivity contribution in [1.29, 1.82) is 0 Å². The molecule has 4 nitrogen and oxygen atoms in total. The first-order valence-corrected chi connectivity index (χ1v) is 37.6. The Morgan fingerprint density at radius 2 is 0.736 bits per heavy atom. The number of benzene rings is 11. The van der Waals surface area contributed by atoms with Crippen molar-refractivity contribution < 1.29 is 8.83 Å². The molecule has 342 valence electrons. The van der Waals surface area contributed by atoms with E-state index in [4.69, 9.17) is 8.83 Å². The number of furan rings is 2. The predicted octanol–water partition coefficient (Wildman–Crippen LogP) is 16.3. The van der Waals surface area contributed by atoms with Gasteiger partial charge >= 0.3 is 414 Å². The van der Waals surface area contributed by atoms with E-state index in [1.807, 2.05) is 0 Å². The van der Waals surface area contributed by atoms with E-state index in [1.54, 1.807) is 17.6 Å². The van der Waals surface area contributed by atoms with E-state index >= 15 is 0 Å². The molecule has 0 unspecified atom stereocenters. The molecule has 0 aliphatic carbocycles. The molecule has 15 rings (SSSR count). The van der Waals surface area contributed by atoms with Crippen molar-refractivity contribution in [2.45, 2.75) is 23.0 Å². The fourth-order valence-corrected chi connectivity index (χ4v) is 25.5. The third kappa shape index (κ3) is 6.12. The molecular weight excluding hydrogens is 998 g/mol. The van der Waals surface area contributed by atoms with Gasteiger partial charge in [-0.15, -0.1) is 0 Å². The van der Waals surface area contributed by atoms with Gasteiger partial charge in [0, 0.05) is 0 Å². The Hall–Kier alpha value is -7.77. The number of hydrogen-bond acceptors (Lipinski definition) is 4. The van der Waals surface area contributed by atoms with Crippen molar-refractivity contribution in [3.63, 3.8) is 0 Å². The monoisotopic (exact) mass is 1050 g/mol. The molecule has 0 spiro atoms. The molecule has 2 aromatic heterocycles. The van der Waals surface area contributed by atoms with Crippen molar-refractivity contribution in [2.75, 3.05) is 9.80 Å². The molecule has 4 heterocycles. The molecule has 0 bridgehead atoms. The molecule has 2 aliphatic rings. The first kappa shape index (κ1) is 42.0. The molecule has 11 aromatic carbocycles. The van der Waals surface area contributed by atoms with E-state index in [2.05, 4.69) is 251 Å². The van der Waals surface area contributed by atoms with E-state index in [0.29, 0.717) is 0 Å². The number of hydrogen-bond donors (Lipinski definition) is 0. The van der Waals surface area contributed by atoms with Crippen LogP contribution in [0.4, 0.5) is 34.1 Å². The van der Waals surface area contributed by atoms with Crippen molar-refractivity contribution >= 4 is 144 Å². The summed E-state index contributed by atoms with van der Waals surface area (Å²) in [4.78, 5) is 4.79. The number of fused-ring (bicyclic) bond motifs is 15. The van der Waals surface area contributed by atoms with Gasteiger partial charge in [0.25, 0.3) is 0 Å². The van der Waals surface area contributed by atoms with Crippen molar-refractivity contribution in [3.8, 4) is 22.3 Å². The summed E-state index contributed by atoms with van der Waals surface area (Å²) in [5, 5.41) is 8.79. The summed E-state index contributed by atoms with van der Waals surface area (Å²) >= 11 is -4.80. The second kappa shape index (κ2) is 15.4. The van der Waals surface area contributed by atoms with Crippen LogP contribution in [0.1, 0.15) is 0 Å². The Morgan fingerprint density at radius 3 is 1.28 bits per heavy atom. The van der Waals surface area contributed by atoms with E-state index in [0.717, 1.165) is 94.2 Å². The molecule has 6 heteroatoms. The first-order chi connectivity index (χ1) is 35.2. The van der Waals surface area contributed by atoms with Gasteiger partial charge in [-0.3, -0.25) is 0 Å². The molecule has 0 amide bonds. The van der Waals surface area contributed by atoms with Crippen LogP contribution in [0.3, 0.4) is 0 Å². The molecule has 2 aliphatic heterocycles. The number of para-hydroxylation sites is 2. The van der Waals surface area contributed by atoms with Crippen LogP contribution in [-0.4, -0.2) is 26.5 Å². The van der Waals surface area contributed by atoms with Gasteiger partial charge in [-0.05, 0) is 12.1 Å². The third-order valence-corrected chi connectivity index (χ3v) is 31.1. The zero-order chi connectivity index (χ0) is 48.0. The van der Waals surface area contributed by atoms with Gasteiger partial charge < -0.3 is 0 Å². The van der Waals surface area contributed by atoms with E-state index < -0.39 is 26.5 Å². The van der Waals surface area contributed by atoms with Gasteiger partial charge in [-0.2, -0.15) is 0 Å². The second-order valence-electron chi connectivity index (χ2n) is 20.9. The summed E-state index contributed by atoms with van der Waals surface area (Å²) in [5.74, 6) is 10.1. The van der Waals surface area contributed by atoms with Crippen LogP contribution in [0.25, 0.3) is 87.7 Å². The van der Waals surface area contributed by atoms with Crippen LogP contribution in [0, 0.1) is 0 Å². The van der Waals surface area contributed by atoms with E-state index in [9.17, 15) is 0 Å². The minimum absolute atomic E-state index is 0.818. The third-order valence-electron chi connectivity index (χ3n) is 16.2. The van der Waals surface area contributed by atoms with Crippen LogP contribution >= 0.6 is 0 Å². The van der Waals surface area contributed by atoms with Crippen LogP contribution < -0.4 is 27.4 Å². The Balaban J connectivity index is 0.831.